The van der Waals surface area contributed by atoms with Gasteiger partial charge in [-0.25, -0.2) is 8.42 Å². The van der Waals surface area contributed by atoms with E-state index in [1.807, 2.05) is 12.1 Å². The summed E-state index contributed by atoms with van der Waals surface area (Å²) in [5, 5.41) is 0. The first-order valence-electron chi connectivity index (χ1n) is 9.95. The molecule has 6 nitrogen and oxygen atoms in total. The average Bonchev–Trinajstić information content (AvgIpc) is 3.51. The Labute approximate surface area is 163 Å². The Morgan fingerprint density at radius 2 is 1.70 bits per heavy atom. The van der Waals surface area contributed by atoms with Gasteiger partial charge in [0, 0.05) is 32.2 Å². The van der Waals surface area contributed by atoms with Gasteiger partial charge < -0.3 is 4.90 Å². The zero-order valence-corrected chi connectivity index (χ0v) is 17.4. The van der Waals surface area contributed by atoms with E-state index in [-0.39, 0.29) is 5.91 Å². The van der Waals surface area contributed by atoms with Gasteiger partial charge in [-0.05, 0) is 43.0 Å². The Bertz CT molecular complexity index is 749. The first kappa shape index (κ1) is 20.3. The number of benzene rings is 1. The van der Waals surface area contributed by atoms with Crippen molar-refractivity contribution in [3.8, 4) is 0 Å². The molecular formula is C20H31N3O3S. The van der Waals surface area contributed by atoms with Gasteiger partial charge in [0.2, 0.25) is 15.9 Å². The number of likely N-dealkylation sites (N-methyl/N-ethyl adjacent to an activating group) is 1. The van der Waals surface area contributed by atoms with Gasteiger partial charge in [-0.3, -0.25) is 9.69 Å². The van der Waals surface area contributed by atoms with Crippen molar-refractivity contribution in [3.63, 3.8) is 0 Å². The molecule has 1 saturated carbocycles. The molecular weight excluding hydrogens is 362 g/mol. The molecule has 150 valence electrons. The van der Waals surface area contributed by atoms with E-state index in [2.05, 4.69) is 25.7 Å². The molecule has 0 N–H and O–H groups in total. The van der Waals surface area contributed by atoms with Crippen LogP contribution in [-0.4, -0.2) is 73.7 Å². The Hall–Kier alpha value is -1.44. The van der Waals surface area contributed by atoms with E-state index in [4.69, 9.17) is 0 Å². The molecule has 0 unspecified atom stereocenters. The maximum Gasteiger partial charge on any atom is 0.243 e. The fourth-order valence-electron chi connectivity index (χ4n) is 3.56. The quantitative estimate of drug-likeness (QED) is 0.712. The third-order valence-electron chi connectivity index (χ3n) is 5.58. The number of amides is 1. The smallest absolute Gasteiger partial charge is 0.243 e. The highest BCUT2D eigenvalue weighted by Gasteiger charge is 2.33. The molecule has 1 aromatic rings. The summed E-state index contributed by atoms with van der Waals surface area (Å²) in [4.78, 5) is 16.9. The van der Waals surface area contributed by atoms with E-state index in [1.54, 1.807) is 17.0 Å². The summed E-state index contributed by atoms with van der Waals surface area (Å²) in [6, 6.07) is 7.71. The number of nitrogens with zero attached hydrogens (tertiary/aromatic N) is 3. The Balaban J connectivity index is 1.58. The third-order valence-corrected chi connectivity index (χ3v) is 7.50. The van der Waals surface area contributed by atoms with E-state index in [9.17, 15) is 13.2 Å². The highest BCUT2D eigenvalue weighted by molar-refractivity contribution is 7.89. The third kappa shape index (κ3) is 4.70. The van der Waals surface area contributed by atoms with Crippen molar-refractivity contribution in [2.75, 3.05) is 39.3 Å². The number of carbonyl (C=O) groups is 1. The highest BCUT2D eigenvalue weighted by atomic mass is 32.2. The molecule has 0 radical (unpaired) electrons. The van der Waals surface area contributed by atoms with Crippen LogP contribution in [0.1, 0.15) is 45.1 Å². The van der Waals surface area contributed by atoms with E-state index in [0.717, 1.165) is 12.1 Å². The average molecular weight is 394 g/mol. The van der Waals surface area contributed by atoms with Crippen LogP contribution in [0.15, 0.2) is 29.2 Å². The number of hydrogen-bond donors (Lipinski definition) is 0. The topological polar surface area (TPSA) is 60.9 Å². The molecule has 1 aromatic carbocycles. The fourth-order valence-corrected chi connectivity index (χ4v) is 4.99. The Morgan fingerprint density at radius 1 is 1.11 bits per heavy atom. The van der Waals surface area contributed by atoms with E-state index < -0.39 is 10.0 Å². The van der Waals surface area contributed by atoms with Crippen molar-refractivity contribution in [2.45, 2.75) is 50.5 Å². The number of carbonyl (C=O) groups excluding carboxylic acids is 1. The van der Waals surface area contributed by atoms with Gasteiger partial charge in [0.15, 0.2) is 0 Å². The summed E-state index contributed by atoms with van der Waals surface area (Å²) < 4.78 is 27.3. The Kier molecular flexibility index (Phi) is 6.23. The minimum absolute atomic E-state index is 0.113. The van der Waals surface area contributed by atoms with Gasteiger partial charge in [0.25, 0.3) is 0 Å². The summed E-state index contributed by atoms with van der Waals surface area (Å²) in [6.45, 7) is 9.23. The molecule has 0 spiro atoms. The highest BCUT2D eigenvalue weighted by Crippen LogP contribution is 2.26. The largest absolute Gasteiger partial charge is 0.339 e. The molecule has 1 aliphatic heterocycles. The van der Waals surface area contributed by atoms with Crippen molar-refractivity contribution in [1.82, 2.24) is 14.1 Å². The van der Waals surface area contributed by atoms with Crippen LogP contribution in [0.25, 0.3) is 0 Å². The van der Waals surface area contributed by atoms with Crippen molar-refractivity contribution in [2.24, 2.45) is 0 Å². The molecule has 1 aliphatic carbocycles. The molecule has 1 amide bonds. The zero-order valence-electron chi connectivity index (χ0n) is 16.6. The fraction of sp³-hybridized carbons (Fsp3) is 0.650. The number of piperazine rings is 1. The molecule has 0 bridgehead atoms. The Morgan fingerprint density at radius 3 is 2.19 bits per heavy atom. The van der Waals surface area contributed by atoms with Crippen molar-refractivity contribution >= 4 is 15.9 Å². The first-order chi connectivity index (χ1) is 12.8. The van der Waals surface area contributed by atoms with Gasteiger partial charge in [0.1, 0.15) is 0 Å². The SMILES string of the molecule is CCN(CC(=O)N1CCN(S(=O)(=O)c2ccc(C(C)C)cc2)CC1)C1CC1. The van der Waals surface area contributed by atoms with Crippen LogP contribution in [0.4, 0.5) is 0 Å². The second kappa shape index (κ2) is 8.29. The normalized spacial score (nSPS) is 19.1. The summed E-state index contributed by atoms with van der Waals surface area (Å²) in [6.07, 6.45) is 2.37. The van der Waals surface area contributed by atoms with Gasteiger partial charge in [-0.2, -0.15) is 4.31 Å². The number of hydrogen-bond acceptors (Lipinski definition) is 4. The molecule has 3 rings (SSSR count). The monoisotopic (exact) mass is 393 g/mol. The van der Waals surface area contributed by atoms with Crippen LogP contribution in [0.5, 0.6) is 0 Å². The molecule has 2 fully saturated rings. The summed E-state index contributed by atoms with van der Waals surface area (Å²) in [7, 11) is -3.50. The van der Waals surface area contributed by atoms with Crippen molar-refractivity contribution in [1.29, 1.82) is 0 Å². The summed E-state index contributed by atoms with van der Waals surface area (Å²) >= 11 is 0. The van der Waals surface area contributed by atoms with E-state index in [1.165, 1.54) is 17.1 Å². The molecule has 0 aromatic heterocycles. The van der Waals surface area contributed by atoms with E-state index in [0.29, 0.717) is 49.6 Å². The summed E-state index contributed by atoms with van der Waals surface area (Å²) in [5.74, 6) is 0.483. The zero-order chi connectivity index (χ0) is 19.6. The molecule has 2 aliphatic rings. The van der Waals surface area contributed by atoms with Crippen LogP contribution in [-0.2, 0) is 14.8 Å². The van der Waals surface area contributed by atoms with Gasteiger partial charge in [0.05, 0.1) is 11.4 Å². The molecule has 7 heteroatoms. The maximum atomic E-state index is 12.9. The molecule has 1 heterocycles. The number of rotatable bonds is 7. The van der Waals surface area contributed by atoms with Gasteiger partial charge in [-0.1, -0.05) is 32.9 Å². The summed E-state index contributed by atoms with van der Waals surface area (Å²) in [5.41, 5.74) is 1.13. The predicted molar refractivity (Wildman–Crippen MR) is 106 cm³/mol. The number of sulfonamides is 1. The van der Waals surface area contributed by atoms with Crippen LogP contribution >= 0.6 is 0 Å². The van der Waals surface area contributed by atoms with Gasteiger partial charge in [-0.15, -0.1) is 0 Å². The lowest BCUT2D eigenvalue weighted by Crippen LogP contribution is -2.52. The van der Waals surface area contributed by atoms with Gasteiger partial charge >= 0.3 is 0 Å². The van der Waals surface area contributed by atoms with Crippen LogP contribution < -0.4 is 0 Å². The first-order valence-corrected chi connectivity index (χ1v) is 11.4. The van der Waals surface area contributed by atoms with Crippen LogP contribution in [0, 0.1) is 0 Å². The van der Waals surface area contributed by atoms with Crippen LogP contribution in [0.2, 0.25) is 0 Å². The van der Waals surface area contributed by atoms with Crippen LogP contribution in [0.3, 0.4) is 0 Å². The van der Waals surface area contributed by atoms with Crippen molar-refractivity contribution < 1.29 is 13.2 Å². The lowest BCUT2D eigenvalue weighted by atomic mass is 10.0. The second-order valence-electron chi connectivity index (χ2n) is 7.80. The minimum atomic E-state index is -3.50. The lowest BCUT2D eigenvalue weighted by Gasteiger charge is -2.35. The molecule has 27 heavy (non-hydrogen) atoms. The minimum Gasteiger partial charge on any atom is -0.339 e. The standard InChI is InChI=1S/C20H31N3O3S/c1-4-21(18-7-8-18)15-20(24)22-11-13-23(14-12-22)27(25,26)19-9-5-17(6-10-19)16(2)3/h5-6,9-10,16,18H,4,7-8,11-15H2,1-3H3. The lowest BCUT2D eigenvalue weighted by molar-refractivity contribution is -0.133. The van der Waals surface area contributed by atoms with Crippen molar-refractivity contribution in [3.05, 3.63) is 29.8 Å². The van der Waals surface area contributed by atoms with E-state index >= 15 is 0 Å². The molecule has 0 atom stereocenters. The maximum absolute atomic E-state index is 12.9. The second-order valence-corrected chi connectivity index (χ2v) is 9.74. The predicted octanol–water partition coefficient (Wildman–Crippen LogP) is 2.13. The molecule has 1 saturated heterocycles.